The molecule has 0 atom stereocenters. The minimum absolute atomic E-state index is 0.0146. The normalized spacial score (nSPS) is 14.7. The lowest BCUT2D eigenvalue weighted by Crippen LogP contribution is -2.00. The smallest absolute Gasteiger partial charge is 0.164 e. The molecule has 10 aromatic rings. The standard InChI is InChI=1S/C45H27N3OS/c1-3-10-28(11-4-1)29-18-20-31(21-19-29)43-46-44(32-23-25-39-37(26-32)35-14-7-8-16-38(35)49-39)48-45(47-43)33-22-24-36-41(27-33)50-40-17-9-15-34(42(36)40)30-12-5-2-6-13-30/h1-27H/i2D,5D,6D,9D,12D,13D,15D,17D,22D,24D,27D. The van der Waals surface area contributed by atoms with Crippen molar-refractivity contribution in [1.29, 1.82) is 0 Å². The molecule has 0 radical (unpaired) electrons. The predicted molar refractivity (Wildman–Crippen MR) is 207 cm³/mol. The Kier molecular flexibility index (Phi) is 4.54. The third kappa shape index (κ3) is 4.87. The lowest BCUT2D eigenvalue weighted by atomic mass is 9.99. The topological polar surface area (TPSA) is 51.8 Å². The van der Waals surface area contributed by atoms with E-state index in [-0.39, 0.29) is 60.4 Å². The summed E-state index contributed by atoms with van der Waals surface area (Å²) in [5, 5.41) is 1.68. The molecule has 0 fully saturated rings. The van der Waals surface area contributed by atoms with Gasteiger partial charge in [0.1, 0.15) is 11.2 Å². The number of para-hydroxylation sites is 1. The van der Waals surface area contributed by atoms with Crippen LogP contribution < -0.4 is 0 Å². The zero-order chi connectivity index (χ0) is 42.6. The molecule has 0 aliphatic carbocycles. The van der Waals surface area contributed by atoms with Gasteiger partial charge < -0.3 is 4.42 Å². The summed E-state index contributed by atoms with van der Waals surface area (Å²) in [4.78, 5) is 14.6. The summed E-state index contributed by atoms with van der Waals surface area (Å²) in [7, 11) is 0. The molecule has 3 heterocycles. The van der Waals surface area contributed by atoms with Crippen LogP contribution in [0.1, 0.15) is 15.1 Å². The third-order valence-corrected chi connectivity index (χ3v) is 9.59. The van der Waals surface area contributed by atoms with Crippen LogP contribution in [0.5, 0.6) is 0 Å². The summed E-state index contributed by atoms with van der Waals surface area (Å²) >= 11 is 0.889. The van der Waals surface area contributed by atoms with Gasteiger partial charge in [-0.1, -0.05) is 127 Å². The van der Waals surface area contributed by atoms with Crippen molar-refractivity contribution in [2.24, 2.45) is 0 Å². The number of furan rings is 1. The summed E-state index contributed by atoms with van der Waals surface area (Å²) in [6.07, 6.45) is 0. The fourth-order valence-corrected chi connectivity index (χ4v) is 7.20. The predicted octanol–water partition coefficient (Wildman–Crippen LogP) is 12.5. The van der Waals surface area contributed by atoms with Crippen molar-refractivity contribution in [2.45, 2.75) is 0 Å². The average Bonchev–Trinajstić information content (AvgIpc) is 3.87. The molecule has 0 spiro atoms. The first kappa shape index (κ1) is 19.5. The van der Waals surface area contributed by atoms with E-state index in [1.54, 1.807) is 0 Å². The van der Waals surface area contributed by atoms with Gasteiger partial charge >= 0.3 is 0 Å². The highest BCUT2D eigenvalue weighted by molar-refractivity contribution is 7.26. The number of hydrogen-bond donors (Lipinski definition) is 0. The molecule has 0 saturated carbocycles. The maximum Gasteiger partial charge on any atom is 0.164 e. The van der Waals surface area contributed by atoms with E-state index in [0.29, 0.717) is 22.3 Å². The molecule has 7 aromatic carbocycles. The van der Waals surface area contributed by atoms with Crippen LogP contribution in [0, 0.1) is 0 Å². The second-order valence-corrected chi connectivity index (χ2v) is 12.6. The largest absolute Gasteiger partial charge is 0.456 e. The van der Waals surface area contributed by atoms with E-state index in [0.717, 1.165) is 33.2 Å². The monoisotopic (exact) mass is 668 g/mol. The average molecular weight is 669 g/mol. The highest BCUT2D eigenvalue weighted by Crippen LogP contribution is 2.41. The fourth-order valence-electron chi connectivity index (χ4n) is 6.18. The SMILES string of the molecule is [2H]c1c([2H])c([2H])c(-c2c([2H])c([2H])c([2H])c3sc4c([2H])c(-c5nc(-c6ccc(-c7ccccc7)cc6)nc(-c6ccc7oc8ccccc8c7c6)n5)c([2H])c([2H])c4c23)c([2H])c1[2H]. The molecule has 0 unspecified atom stereocenters. The Morgan fingerprint density at radius 2 is 1.14 bits per heavy atom. The molecule has 0 aliphatic rings. The highest BCUT2D eigenvalue weighted by atomic mass is 32.1. The van der Waals surface area contributed by atoms with Crippen LogP contribution in [0.3, 0.4) is 0 Å². The lowest BCUT2D eigenvalue weighted by Gasteiger charge is -2.10. The zero-order valence-electron chi connectivity index (χ0n) is 36.9. The Balaban J connectivity index is 1.24. The summed E-state index contributed by atoms with van der Waals surface area (Å²) in [6.45, 7) is 0. The molecule has 234 valence electrons. The molecular formula is C45H27N3OS. The second-order valence-electron chi connectivity index (χ2n) is 11.6. The summed E-state index contributed by atoms with van der Waals surface area (Å²) in [5.74, 6) is 0.412. The molecule has 3 aromatic heterocycles. The maximum atomic E-state index is 9.61. The van der Waals surface area contributed by atoms with E-state index < -0.39 is 60.4 Å². The van der Waals surface area contributed by atoms with Gasteiger partial charge in [0, 0.05) is 47.6 Å². The van der Waals surface area contributed by atoms with Crippen LogP contribution in [-0.4, -0.2) is 15.0 Å². The number of hydrogen-bond acceptors (Lipinski definition) is 5. The number of fused-ring (bicyclic) bond motifs is 6. The van der Waals surface area contributed by atoms with Gasteiger partial charge in [-0.15, -0.1) is 11.3 Å². The lowest BCUT2D eigenvalue weighted by molar-refractivity contribution is 0.669. The highest BCUT2D eigenvalue weighted by Gasteiger charge is 2.17. The number of rotatable bonds is 5. The molecule has 0 aliphatic heterocycles. The quantitative estimate of drug-likeness (QED) is 0.183. The van der Waals surface area contributed by atoms with Crippen molar-refractivity contribution < 1.29 is 19.5 Å². The van der Waals surface area contributed by atoms with E-state index in [4.69, 9.17) is 30.3 Å². The van der Waals surface area contributed by atoms with E-state index in [1.807, 2.05) is 97.1 Å². The minimum Gasteiger partial charge on any atom is -0.456 e. The molecule has 0 N–H and O–H groups in total. The minimum atomic E-state index is -0.656. The van der Waals surface area contributed by atoms with Crippen LogP contribution in [-0.2, 0) is 0 Å². The van der Waals surface area contributed by atoms with Crippen LogP contribution in [0.4, 0.5) is 0 Å². The number of nitrogens with zero attached hydrogens (tertiary/aromatic N) is 3. The molecule has 50 heavy (non-hydrogen) atoms. The third-order valence-electron chi connectivity index (χ3n) is 8.57. The number of thiophene rings is 1. The molecule has 5 heteroatoms. The van der Waals surface area contributed by atoms with E-state index >= 15 is 0 Å². The number of benzene rings is 7. The maximum absolute atomic E-state index is 9.61. The fraction of sp³-hybridized carbons (Fsp3) is 0. The van der Waals surface area contributed by atoms with Gasteiger partial charge in [0.25, 0.3) is 0 Å². The van der Waals surface area contributed by atoms with Gasteiger partial charge in [-0.3, -0.25) is 0 Å². The van der Waals surface area contributed by atoms with Crippen molar-refractivity contribution >= 4 is 53.4 Å². The van der Waals surface area contributed by atoms with E-state index in [9.17, 15) is 4.11 Å². The number of aromatic nitrogens is 3. The first-order chi connectivity index (χ1) is 29.3. The molecule has 4 nitrogen and oxygen atoms in total. The Morgan fingerprint density at radius 1 is 0.460 bits per heavy atom. The van der Waals surface area contributed by atoms with Gasteiger partial charge in [0.15, 0.2) is 17.5 Å². The van der Waals surface area contributed by atoms with Gasteiger partial charge in [-0.05, 0) is 58.6 Å². The van der Waals surface area contributed by atoms with Gasteiger partial charge in [-0.2, -0.15) is 0 Å². The Bertz CT molecular complexity index is 3470. The first-order valence-electron chi connectivity index (χ1n) is 21.2. The second kappa shape index (κ2) is 11.6. The Hall–Kier alpha value is -6.43. The first-order valence-corrected chi connectivity index (χ1v) is 16.5. The molecule has 0 amide bonds. The van der Waals surface area contributed by atoms with E-state index in [2.05, 4.69) is 0 Å². The zero-order valence-corrected chi connectivity index (χ0v) is 26.7. The van der Waals surface area contributed by atoms with Crippen molar-refractivity contribution in [3.63, 3.8) is 0 Å². The molecule has 0 saturated heterocycles. The molecule has 10 rings (SSSR count). The van der Waals surface area contributed by atoms with Crippen molar-refractivity contribution in [3.05, 3.63) is 164 Å². The van der Waals surface area contributed by atoms with Crippen molar-refractivity contribution in [3.8, 4) is 56.4 Å². The van der Waals surface area contributed by atoms with Crippen molar-refractivity contribution in [1.82, 2.24) is 15.0 Å². The van der Waals surface area contributed by atoms with Gasteiger partial charge in [-0.25, -0.2) is 15.0 Å². The summed E-state index contributed by atoms with van der Waals surface area (Å²) in [6, 6.07) is 24.8. The van der Waals surface area contributed by atoms with Crippen molar-refractivity contribution in [2.75, 3.05) is 0 Å². The summed E-state index contributed by atoms with van der Waals surface area (Å²) < 4.78 is 103. The molecular weight excluding hydrogens is 631 g/mol. The van der Waals surface area contributed by atoms with Crippen LogP contribution in [0.2, 0.25) is 0 Å². The van der Waals surface area contributed by atoms with Crippen LogP contribution >= 0.6 is 11.3 Å². The van der Waals surface area contributed by atoms with Gasteiger partial charge in [0.2, 0.25) is 0 Å². The van der Waals surface area contributed by atoms with Crippen LogP contribution in [0.15, 0.2) is 168 Å². The van der Waals surface area contributed by atoms with Crippen LogP contribution in [0.25, 0.3) is 98.5 Å². The molecule has 0 bridgehead atoms. The van der Waals surface area contributed by atoms with E-state index in [1.165, 1.54) is 0 Å². The Morgan fingerprint density at radius 3 is 1.98 bits per heavy atom. The summed E-state index contributed by atoms with van der Waals surface area (Å²) in [5.41, 5.74) is 3.87. The Labute approximate surface area is 307 Å². The van der Waals surface area contributed by atoms with Gasteiger partial charge in [0.05, 0.1) is 15.1 Å².